The lowest BCUT2D eigenvalue weighted by Crippen LogP contribution is -2.14. The van der Waals surface area contributed by atoms with E-state index in [4.69, 9.17) is 10.3 Å². The van der Waals surface area contributed by atoms with Crippen molar-refractivity contribution in [1.29, 1.82) is 0 Å². The Balaban J connectivity index is 0.000000640. The molecule has 1 heterocycles. The summed E-state index contributed by atoms with van der Waals surface area (Å²) in [6.45, 7) is 0.363. The number of allylic oxidation sites excluding steroid dienone is 1. The van der Waals surface area contributed by atoms with Crippen LogP contribution < -0.4 is 0 Å². The molecule has 0 saturated heterocycles. The molecule has 0 aliphatic carbocycles. The summed E-state index contributed by atoms with van der Waals surface area (Å²) in [5, 5.41) is 18.3. The van der Waals surface area contributed by atoms with Crippen LogP contribution in [0.15, 0.2) is 24.1 Å². The van der Waals surface area contributed by atoms with Crippen LogP contribution in [-0.2, 0) is 0 Å². The minimum absolute atomic E-state index is 0. The highest BCUT2D eigenvalue weighted by Crippen LogP contribution is 1.99. The van der Waals surface area contributed by atoms with Crippen molar-refractivity contribution >= 4 is 12.4 Å². The molecule has 0 fully saturated rings. The van der Waals surface area contributed by atoms with Crippen LogP contribution in [0.4, 0.5) is 0 Å². The largest absolute Gasteiger partial charge is 0.508 e. The van der Waals surface area contributed by atoms with Crippen molar-refractivity contribution in [1.82, 2.24) is 5.06 Å². The van der Waals surface area contributed by atoms with E-state index in [9.17, 15) is 0 Å². The molecule has 1 aliphatic heterocycles. The van der Waals surface area contributed by atoms with Crippen LogP contribution >= 0.6 is 12.4 Å². The van der Waals surface area contributed by atoms with Crippen molar-refractivity contribution in [3.8, 4) is 0 Å². The third kappa shape index (κ3) is 2.39. The molecule has 0 amide bonds. The molecule has 0 aromatic carbocycles. The molecule has 4 heteroatoms. The Bertz CT molecular complexity index is 144. The molecule has 0 radical (unpaired) electrons. The van der Waals surface area contributed by atoms with Crippen molar-refractivity contribution < 1.29 is 10.3 Å². The van der Waals surface area contributed by atoms with Gasteiger partial charge in [-0.1, -0.05) is 0 Å². The van der Waals surface area contributed by atoms with Gasteiger partial charge in [-0.3, -0.25) is 10.3 Å². The smallest absolute Gasteiger partial charge is 0.114 e. The molecule has 1 rings (SSSR count). The van der Waals surface area contributed by atoms with E-state index in [2.05, 4.69) is 0 Å². The van der Waals surface area contributed by atoms with E-state index in [1.165, 1.54) is 18.4 Å². The minimum atomic E-state index is 0. The van der Waals surface area contributed by atoms with Crippen molar-refractivity contribution in [3.63, 3.8) is 0 Å². The summed E-state index contributed by atoms with van der Waals surface area (Å²) >= 11 is 0. The molecule has 3 nitrogen and oxygen atoms in total. The number of rotatable bonds is 0. The zero-order chi connectivity index (χ0) is 5.98. The van der Waals surface area contributed by atoms with Crippen LogP contribution in [0.3, 0.4) is 0 Å². The monoisotopic (exact) mass is 149 g/mol. The van der Waals surface area contributed by atoms with Crippen LogP contribution in [0.1, 0.15) is 0 Å². The van der Waals surface area contributed by atoms with Crippen molar-refractivity contribution in [3.05, 3.63) is 24.1 Å². The number of hydroxylamine groups is 2. The molecule has 9 heavy (non-hydrogen) atoms. The van der Waals surface area contributed by atoms with E-state index in [0.717, 1.165) is 5.06 Å². The molecule has 1 aliphatic rings. The van der Waals surface area contributed by atoms with Crippen molar-refractivity contribution in [2.45, 2.75) is 0 Å². The normalized spacial score (nSPS) is 16.6. The van der Waals surface area contributed by atoms with Crippen LogP contribution in [0.2, 0.25) is 0 Å². The Morgan fingerprint density at radius 1 is 1.56 bits per heavy atom. The topological polar surface area (TPSA) is 43.7 Å². The highest BCUT2D eigenvalue weighted by Gasteiger charge is 1.96. The minimum Gasteiger partial charge on any atom is -0.508 e. The van der Waals surface area contributed by atoms with Gasteiger partial charge in [0.2, 0.25) is 0 Å². The Kier molecular flexibility index (Phi) is 3.12. The second-order valence-corrected chi connectivity index (χ2v) is 1.57. The van der Waals surface area contributed by atoms with Gasteiger partial charge in [-0.2, -0.15) is 0 Å². The zero-order valence-electron chi connectivity index (χ0n) is 4.69. The third-order valence-electron chi connectivity index (χ3n) is 0.905. The SMILES string of the molecule is Cl.OC1=CCN(O)C=C1. The second-order valence-electron chi connectivity index (χ2n) is 1.57. The summed E-state index contributed by atoms with van der Waals surface area (Å²) in [7, 11) is 0. The predicted molar refractivity (Wildman–Crippen MR) is 35.6 cm³/mol. The lowest BCUT2D eigenvalue weighted by atomic mass is 10.3. The molecule has 0 bridgehead atoms. The van der Waals surface area contributed by atoms with E-state index < -0.39 is 0 Å². The summed E-state index contributed by atoms with van der Waals surface area (Å²) < 4.78 is 0. The maximum atomic E-state index is 8.66. The highest BCUT2D eigenvalue weighted by molar-refractivity contribution is 5.85. The molecule has 0 spiro atoms. The van der Waals surface area contributed by atoms with E-state index in [1.54, 1.807) is 0 Å². The molecule has 2 N–H and O–H groups in total. The summed E-state index contributed by atoms with van der Waals surface area (Å²) in [6, 6.07) is 0. The quantitative estimate of drug-likeness (QED) is 0.542. The lowest BCUT2D eigenvalue weighted by Gasteiger charge is -2.11. The number of halogens is 1. The van der Waals surface area contributed by atoms with Crippen LogP contribution in [0.5, 0.6) is 0 Å². The first kappa shape index (κ1) is 8.33. The first-order valence-electron chi connectivity index (χ1n) is 2.32. The predicted octanol–water partition coefficient (Wildman–Crippen LogP) is 1.07. The molecular formula is C5H8ClNO2. The van der Waals surface area contributed by atoms with Crippen molar-refractivity contribution in [2.24, 2.45) is 0 Å². The Morgan fingerprint density at radius 3 is 2.56 bits per heavy atom. The Labute approximate surface area is 59.3 Å². The van der Waals surface area contributed by atoms with Gasteiger partial charge in [0.25, 0.3) is 0 Å². The Morgan fingerprint density at radius 2 is 2.22 bits per heavy atom. The van der Waals surface area contributed by atoms with E-state index in [1.807, 2.05) is 0 Å². The van der Waals surface area contributed by atoms with Gasteiger partial charge < -0.3 is 5.11 Å². The molecule has 52 valence electrons. The standard InChI is InChI=1S/C5H7NO2.ClH/c7-5-1-3-6(8)4-2-5;/h1-3,7-8H,4H2;1H. The van der Waals surface area contributed by atoms with E-state index in [0.29, 0.717) is 6.54 Å². The number of hydrogen-bond acceptors (Lipinski definition) is 3. The molecule has 0 saturated carbocycles. The summed E-state index contributed by atoms with van der Waals surface area (Å²) in [5.74, 6) is 0.204. The maximum absolute atomic E-state index is 8.66. The maximum Gasteiger partial charge on any atom is 0.114 e. The first-order valence-corrected chi connectivity index (χ1v) is 2.32. The number of aliphatic hydroxyl groups excluding tert-OH is 1. The van der Waals surface area contributed by atoms with Gasteiger partial charge in [-0.05, 0) is 12.2 Å². The van der Waals surface area contributed by atoms with Crippen LogP contribution in [0, 0.1) is 0 Å². The molecular weight excluding hydrogens is 142 g/mol. The summed E-state index contributed by atoms with van der Waals surface area (Å²) in [4.78, 5) is 0. The first-order chi connectivity index (χ1) is 3.79. The summed E-state index contributed by atoms with van der Waals surface area (Å²) in [5.41, 5.74) is 0. The zero-order valence-corrected chi connectivity index (χ0v) is 5.51. The third-order valence-corrected chi connectivity index (χ3v) is 0.905. The molecule has 0 atom stereocenters. The van der Waals surface area contributed by atoms with Gasteiger partial charge in [0.1, 0.15) is 5.76 Å². The fourth-order valence-corrected chi connectivity index (χ4v) is 0.478. The van der Waals surface area contributed by atoms with Crippen LogP contribution in [-0.4, -0.2) is 21.9 Å². The fourth-order valence-electron chi connectivity index (χ4n) is 0.478. The molecule has 0 unspecified atom stereocenters. The van der Waals surface area contributed by atoms with Gasteiger partial charge in [0, 0.05) is 6.20 Å². The van der Waals surface area contributed by atoms with Gasteiger partial charge in [-0.15, -0.1) is 12.4 Å². The summed E-state index contributed by atoms with van der Waals surface area (Å²) in [6.07, 6.45) is 4.33. The second kappa shape index (κ2) is 3.37. The lowest BCUT2D eigenvalue weighted by molar-refractivity contribution is -0.0316. The number of nitrogens with zero attached hydrogens (tertiary/aromatic N) is 1. The highest BCUT2D eigenvalue weighted by atomic mass is 35.5. The van der Waals surface area contributed by atoms with Crippen LogP contribution in [0.25, 0.3) is 0 Å². The average molecular weight is 150 g/mol. The van der Waals surface area contributed by atoms with Gasteiger partial charge in [0.05, 0.1) is 6.54 Å². The van der Waals surface area contributed by atoms with E-state index >= 15 is 0 Å². The average Bonchev–Trinajstić information content (AvgIpc) is 1.77. The van der Waals surface area contributed by atoms with Crippen molar-refractivity contribution in [2.75, 3.05) is 6.54 Å². The van der Waals surface area contributed by atoms with Gasteiger partial charge in [-0.25, -0.2) is 0 Å². The Hall–Kier alpha value is -0.670. The number of aliphatic hydroxyl groups is 1. The molecule has 0 aromatic heterocycles. The molecule has 0 aromatic rings. The van der Waals surface area contributed by atoms with E-state index in [-0.39, 0.29) is 18.2 Å². The number of hydrogen-bond donors (Lipinski definition) is 2. The van der Waals surface area contributed by atoms with Gasteiger partial charge in [0.15, 0.2) is 0 Å². The van der Waals surface area contributed by atoms with Gasteiger partial charge >= 0.3 is 0 Å². The fraction of sp³-hybridized carbons (Fsp3) is 0.200.